The highest BCUT2D eigenvalue weighted by Gasteiger charge is 2.22. The lowest BCUT2D eigenvalue weighted by molar-refractivity contribution is -0.117. The maximum Gasteiger partial charge on any atom is 0.255 e. The Morgan fingerprint density at radius 1 is 1.06 bits per heavy atom. The van der Waals surface area contributed by atoms with E-state index in [0.29, 0.717) is 30.8 Å². The molecule has 0 unspecified atom stereocenters. The van der Waals surface area contributed by atoms with Crippen LogP contribution in [0.25, 0.3) is 0 Å². The lowest BCUT2D eigenvalue weighted by Gasteiger charge is -2.16. The second kappa shape index (κ2) is 9.17. The Labute approximate surface area is 181 Å². The van der Waals surface area contributed by atoms with Crippen LogP contribution in [0.15, 0.2) is 53.4 Å². The van der Waals surface area contributed by atoms with Gasteiger partial charge in [-0.1, -0.05) is 0 Å². The van der Waals surface area contributed by atoms with E-state index in [1.165, 1.54) is 24.3 Å². The molecule has 4 rings (SSSR count). The Morgan fingerprint density at radius 2 is 1.81 bits per heavy atom. The molecular formula is C22H25N3O5S. The molecule has 0 aliphatic carbocycles. The summed E-state index contributed by atoms with van der Waals surface area (Å²) in [5.74, 6) is -0.238. The number of carbonyl (C=O) groups excluding carboxylic acids is 2. The van der Waals surface area contributed by atoms with Gasteiger partial charge in [0.05, 0.1) is 11.0 Å². The van der Waals surface area contributed by atoms with Crippen LogP contribution in [0, 0.1) is 0 Å². The van der Waals surface area contributed by atoms with Crippen LogP contribution in [-0.4, -0.2) is 46.0 Å². The molecule has 0 aromatic heterocycles. The largest absolute Gasteiger partial charge is 0.377 e. The molecule has 0 spiro atoms. The van der Waals surface area contributed by atoms with Gasteiger partial charge >= 0.3 is 0 Å². The van der Waals surface area contributed by atoms with E-state index in [1.54, 1.807) is 29.2 Å². The van der Waals surface area contributed by atoms with Crippen LogP contribution in [0.5, 0.6) is 0 Å². The molecule has 2 amide bonds. The number of hydrogen-bond donors (Lipinski definition) is 2. The molecule has 1 atom stereocenters. The smallest absolute Gasteiger partial charge is 0.255 e. The van der Waals surface area contributed by atoms with E-state index >= 15 is 0 Å². The van der Waals surface area contributed by atoms with Crippen LogP contribution in [0.1, 0.15) is 36.0 Å². The first-order chi connectivity index (χ1) is 14.9. The first-order valence-electron chi connectivity index (χ1n) is 10.4. The number of sulfonamides is 1. The van der Waals surface area contributed by atoms with Crippen molar-refractivity contribution in [1.82, 2.24) is 4.72 Å². The molecule has 2 saturated heterocycles. The number of rotatable bonds is 7. The van der Waals surface area contributed by atoms with E-state index in [-0.39, 0.29) is 29.4 Å². The first kappa shape index (κ1) is 21.5. The minimum absolute atomic E-state index is 0.0881. The molecule has 2 heterocycles. The van der Waals surface area contributed by atoms with E-state index in [0.717, 1.165) is 24.9 Å². The zero-order valence-electron chi connectivity index (χ0n) is 17.0. The van der Waals surface area contributed by atoms with Gasteiger partial charge in [0.25, 0.3) is 5.91 Å². The van der Waals surface area contributed by atoms with Crippen molar-refractivity contribution in [3.8, 4) is 0 Å². The van der Waals surface area contributed by atoms with Crippen LogP contribution < -0.4 is 14.9 Å². The molecule has 2 N–H and O–H groups in total. The average Bonchev–Trinajstić information content (AvgIpc) is 3.45. The fraction of sp³-hybridized carbons (Fsp3) is 0.364. The lowest BCUT2D eigenvalue weighted by atomic mass is 10.2. The third-order valence-electron chi connectivity index (χ3n) is 5.46. The quantitative estimate of drug-likeness (QED) is 0.684. The van der Waals surface area contributed by atoms with Crippen molar-refractivity contribution in [3.05, 3.63) is 54.1 Å². The number of benzene rings is 2. The highest BCUT2D eigenvalue weighted by molar-refractivity contribution is 7.89. The van der Waals surface area contributed by atoms with Crippen molar-refractivity contribution >= 4 is 33.2 Å². The van der Waals surface area contributed by atoms with Gasteiger partial charge in [0.1, 0.15) is 0 Å². The van der Waals surface area contributed by atoms with Crippen molar-refractivity contribution in [2.75, 3.05) is 29.9 Å². The normalized spacial score (nSPS) is 19.0. The Balaban J connectivity index is 1.36. The SMILES string of the molecule is O=C(Nc1ccc(N2CCCC2=O)cc1)c1ccc(S(=O)(=O)NC[C@@H]2CCCO2)cc1. The van der Waals surface area contributed by atoms with Gasteiger partial charge in [-0.2, -0.15) is 0 Å². The minimum Gasteiger partial charge on any atom is -0.377 e. The molecule has 2 aromatic carbocycles. The highest BCUT2D eigenvalue weighted by Crippen LogP contribution is 2.23. The monoisotopic (exact) mass is 443 g/mol. The van der Waals surface area contributed by atoms with Crippen molar-refractivity contribution in [3.63, 3.8) is 0 Å². The maximum absolute atomic E-state index is 12.5. The second-order valence-electron chi connectivity index (χ2n) is 7.66. The number of hydrogen-bond acceptors (Lipinski definition) is 5. The summed E-state index contributed by atoms with van der Waals surface area (Å²) in [5, 5.41) is 2.78. The van der Waals surface area contributed by atoms with Crippen molar-refractivity contribution in [2.24, 2.45) is 0 Å². The standard InChI is InChI=1S/C22H25N3O5S/c26-21-4-1-13-25(21)18-9-7-17(8-10-18)24-22(27)16-5-11-20(12-6-16)31(28,29)23-15-19-3-2-14-30-19/h5-12,19,23H,1-4,13-15H2,(H,24,27)/t19-/m0/s1. The maximum atomic E-state index is 12.5. The summed E-state index contributed by atoms with van der Waals surface area (Å²) >= 11 is 0. The summed E-state index contributed by atoms with van der Waals surface area (Å²) in [7, 11) is -3.66. The van der Waals surface area contributed by atoms with Gasteiger partial charge in [-0.25, -0.2) is 13.1 Å². The molecule has 0 bridgehead atoms. The van der Waals surface area contributed by atoms with E-state index in [9.17, 15) is 18.0 Å². The summed E-state index contributed by atoms with van der Waals surface area (Å²) < 4.78 is 32.8. The number of carbonyl (C=O) groups is 2. The van der Waals surface area contributed by atoms with E-state index in [2.05, 4.69) is 10.0 Å². The highest BCUT2D eigenvalue weighted by atomic mass is 32.2. The minimum atomic E-state index is -3.66. The van der Waals surface area contributed by atoms with Gasteiger partial charge in [0.2, 0.25) is 15.9 Å². The molecular weight excluding hydrogens is 418 g/mol. The molecule has 2 aliphatic rings. The van der Waals surface area contributed by atoms with Crippen molar-refractivity contribution in [1.29, 1.82) is 0 Å². The van der Waals surface area contributed by atoms with Crippen LogP contribution in [-0.2, 0) is 19.6 Å². The van der Waals surface area contributed by atoms with Crippen molar-refractivity contribution < 1.29 is 22.7 Å². The fourth-order valence-electron chi connectivity index (χ4n) is 3.73. The van der Waals surface area contributed by atoms with Gasteiger partial charge in [0, 0.05) is 43.1 Å². The fourth-order valence-corrected chi connectivity index (χ4v) is 4.79. The van der Waals surface area contributed by atoms with Gasteiger partial charge in [-0.15, -0.1) is 0 Å². The van der Waals surface area contributed by atoms with E-state index in [4.69, 9.17) is 4.74 Å². The van der Waals surface area contributed by atoms with E-state index in [1.807, 2.05) is 0 Å². The topological polar surface area (TPSA) is 105 Å². The summed E-state index contributed by atoms with van der Waals surface area (Å²) in [4.78, 5) is 26.2. The van der Waals surface area contributed by atoms with Gasteiger partial charge in [0.15, 0.2) is 0 Å². The second-order valence-corrected chi connectivity index (χ2v) is 9.43. The van der Waals surface area contributed by atoms with Crippen LogP contribution >= 0.6 is 0 Å². The molecule has 0 saturated carbocycles. The Bertz CT molecular complexity index is 1050. The average molecular weight is 444 g/mol. The molecule has 2 fully saturated rings. The van der Waals surface area contributed by atoms with E-state index < -0.39 is 10.0 Å². The molecule has 2 aromatic rings. The number of amides is 2. The molecule has 8 nitrogen and oxygen atoms in total. The summed E-state index contributed by atoms with van der Waals surface area (Å²) in [6, 6.07) is 12.9. The number of nitrogens with zero attached hydrogens (tertiary/aromatic N) is 1. The lowest BCUT2D eigenvalue weighted by Crippen LogP contribution is -2.31. The molecule has 31 heavy (non-hydrogen) atoms. The number of ether oxygens (including phenoxy) is 1. The Morgan fingerprint density at radius 3 is 2.42 bits per heavy atom. The molecule has 9 heteroatoms. The molecule has 0 radical (unpaired) electrons. The van der Waals surface area contributed by atoms with Crippen LogP contribution in [0.2, 0.25) is 0 Å². The van der Waals surface area contributed by atoms with Crippen LogP contribution in [0.4, 0.5) is 11.4 Å². The Kier molecular flexibility index (Phi) is 6.35. The van der Waals surface area contributed by atoms with Crippen LogP contribution in [0.3, 0.4) is 0 Å². The van der Waals surface area contributed by atoms with Crippen molar-refractivity contribution in [2.45, 2.75) is 36.7 Å². The molecule has 2 aliphatic heterocycles. The van der Waals surface area contributed by atoms with Gasteiger partial charge in [-0.05, 0) is 67.8 Å². The summed E-state index contributed by atoms with van der Waals surface area (Å²) in [6.45, 7) is 1.61. The number of nitrogens with one attached hydrogen (secondary N) is 2. The third kappa shape index (κ3) is 5.12. The third-order valence-corrected chi connectivity index (χ3v) is 6.90. The number of anilines is 2. The van der Waals surface area contributed by atoms with Gasteiger partial charge < -0.3 is 15.0 Å². The zero-order chi connectivity index (χ0) is 21.8. The first-order valence-corrected chi connectivity index (χ1v) is 11.8. The Hall–Kier alpha value is -2.75. The van der Waals surface area contributed by atoms with Gasteiger partial charge in [-0.3, -0.25) is 9.59 Å². The predicted molar refractivity (Wildman–Crippen MR) is 117 cm³/mol. The molecule has 164 valence electrons. The predicted octanol–water partition coefficient (Wildman–Crippen LogP) is 2.52. The zero-order valence-corrected chi connectivity index (χ0v) is 17.9. The summed E-state index contributed by atoms with van der Waals surface area (Å²) in [5.41, 5.74) is 1.75. The summed E-state index contributed by atoms with van der Waals surface area (Å²) in [6.07, 6.45) is 3.11.